The quantitative estimate of drug-likeness (QED) is 0.787. The predicted molar refractivity (Wildman–Crippen MR) is 75.6 cm³/mol. The number of hydrogen-bond acceptors (Lipinski definition) is 4. The van der Waals surface area contributed by atoms with Crippen molar-refractivity contribution in [2.45, 2.75) is 26.3 Å². The number of nitrogens with zero attached hydrogens (tertiary/aromatic N) is 4. The van der Waals surface area contributed by atoms with E-state index in [0.717, 1.165) is 43.0 Å². The Kier molecular flexibility index (Phi) is 2.93. The summed E-state index contributed by atoms with van der Waals surface area (Å²) >= 11 is 0. The van der Waals surface area contributed by atoms with Gasteiger partial charge >= 0.3 is 0 Å². The number of morpholine rings is 1. The topological polar surface area (TPSA) is 43.2 Å². The van der Waals surface area contributed by atoms with E-state index in [4.69, 9.17) is 4.74 Å². The molecule has 1 aliphatic heterocycles. The smallest absolute Gasteiger partial charge is 0.136 e. The molecule has 0 bridgehead atoms. The van der Waals surface area contributed by atoms with Crippen molar-refractivity contribution >= 4 is 16.7 Å². The lowest BCUT2D eigenvalue weighted by Gasteiger charge is -2.29. The third kappa shape index (κ3) is 2.18. The normalized spacial score (nSPS) is 17.1. The molecular formula is C14H20N4O. The highest BCUT2D eigenvalue weighted by Crippen LogP contribution is 2.28. The van der Waals surface area contributed by atoms with E-state index in [1.807, 2.05) is 4.68 Å². The van der Waals surface area contributed by atoms with Gasteiger partial charge in [-0.1, -0.05) is 11.3 Å². The summed E-state index contributed by atoms with van der Waals surface area (Å²) in [7, 11) is 0. The number of rotatable bonds is 1. The van der Waals surface area contributed by atoms with Crippen LogP contribution in [0.4, 0.5) is 5.69 Å². The molecule has 0 unspecified atom stereocenters. The maximum atomic E-state index is 5.41. The Morgan fingerprint density at radius 2 is 1.89 bits per heavy atom. The van der Waals surface area contributed by atoms with Gasteiger partial charge in [0, 0.05) is 13.1 Å². The minimum Gasteiger partial charge on any atom is -0.378 e. The number of anilines is 1. The van der Waals surface area contributed by atoms with Gasteiger partial charge in [-0.2, -0.15) is 0 Å². The molecule has 1 saturated heterocycles. The second-order valence-corrected chi connectivity index (χ2v) is 5.92. The van der Waals surface area contributed by atoms with E-state index in [9.17, 15) is 0 Å². The summed E-state index contributed by atoms with van der Waals surface area (Å²) in [5.74, 6) is 0. The molecule has 5 heteroatoms. The highest BCUT2D eigenvalue weighted by Gasteiger charge is 2.21. The highest BCUT2D eigenvalue weighted by molar-refractivity contribution is 5.88. The zero-order chi connectivity index (χ0) is 13.5. The van der Waals surface area contributed by atoms with Crippen molar-refractivity contribution < 1.29 is 4.74 Å². The second-order valence-electron chi connectivity index (χ2n) is 5.92. The summed E-state index contributed by atoms with van der Waals surface area (Å²) in [6, 6.07) is 6.29. The van der Waals surface area contributed by atoms with Crippen molar-refractivity contribution in [3.05, 3.63) is 18.2 Å². The van der Waals surface area contributed by atoms with Crippen molar-refractivity contribution in [2.75, 3.05) is 31.2 Å². The number of fused-ring (bicyclic) bond motifs is 1. The lowest BCUT2D eigenvalue weighted by Crippen LogP contribution is -2.36. The monoisotopic (exact) mass is 260 g/mol. The minimum atomic E-state index is -0.0572. The first kappa shape index (κ1) is 12.4. The van der Waals surface area contributed by atoms with Crippen LogP contribution in [0.1, 0.15) is 20.8 Å². The van der Waals surface area contributed by atoms with Crippen LogP contribution in [0.15, 0.2) is 18.2 Å². The summed E-state index contributed by atoms with van der Waals surface area (Å²) in [5.41, 5.74) is 3.19. The predicted octanol–water partition coefficient (Wildman–Crippen LogP) is 2.02. The van der Waals surface area contributed by atoms with Crippen molar-refractivity contribution in [1.29, 1.82) is 0 Å². The first-order chi connectivity index (χ1) is 9.07. The zero-order valence-electron chi connectivity index (χ0n) is 11.8. The molecule has 0 N–H and O–H groups in total. The van der Waals surface area contributed by atoms with E-state index < -0.39 is 0 Å². The van der Waals surface area contributed by atoms with Gasteiger partial charge in [0.25, 0.3) is 0 Å². The van der Waals surface area contributed by atoms with E-state index in [0.29, 0.717) is 0 Å². The molecule has 2 aromatic rings. The molecule has 1 aromatic carbocycles. The first-order valence-corrected chi connectivity index (χ1v) is 6.75. The maximum Gasteiger partial charge on any atom is 0.136 e. The Balaban J connectivity index is 2.09. The lowest BCUT2D eigenvalue weighted by molar-refractivity contribution is 0.123. The average molecular weight is 260 g/mol. The van der Waals surface area contributed by atoms with E-state index in [1.165, 1.54) is 0 Å². The summed E-state index contributed by atoms with van der Waals surface area (Å²) in [6.07, 6.45) is 0. The third-order valence-electron chi connectivity index (χ3n) is 3.44. The molecular weight excluding hydrogens is 240 g/mol. The van der Waals surface area contributed by atoms with Crippen LogP contribution >= 0.6 is 0 Å². The van der Waals surface area contributed by atoms with Crippen molar-refractivity contribution in [3.8, 4) is 0 Å². The molecule has 1 fully saturated rings. The van der Waals surface area contributed by atoms with Gasteiger partial charge < -0.3 is 9.64 Å². The van der Waals surface area contributed by atoms with Gasteiger partial charge in [-0.25, -0.2) is 4.68 Å². The summed E-state index contributed by atoms with van der Waals surface area (Å²) in [4.78, 5) is 2.33. The molecule has 1 aromatic heterocycles. The number of aromatic nitrogens is 3. The zero-order valence-corrected chi connectivity index (χ0v) is 11.8. The maximum absolute atomic E-state index is 5.41. The van der Waals surface area contributed by atoms with Crippen LogP contribution in [0.25, 0.3) is 11.0 Å². The molecule has 0 saturated carbocycles. The van der Waals surface area contributed by atoms with Crippen molar-refractivity contribution in [1.82, 2.24) is 15.0 Å². The van der Waals surface area contributed by atoms with Crippen LogP contribution in [-0.2, 0) is 10.3 Å². The summed E-state index contributed by atoms with van der Waals surface area (Å²) < 4.78 is 7.40. The van der Waals surface area contributed by atoms with Crippen LogP contribution in [-0.4, -0.2) is 41.3 Å². The highest BCUT2D eigenvalue weighted by atomic mass is 16.5. The summed E-state index contributed by atoms with van der Waals surface area (Å²) in [5, 5.41) is 8.72. The van der Waals surface area contributed by atoms with Crippen LogP contribution in [0.3, 0.4) is 0 Å². The Hall–Kier alpha value is -1.62. The molecule has 102 valence electrons. The second kappa shape index (κ2) is 4.49. The fraction of sp³-hybridized carbons (Fsp3) is 0.571. The van der Waals surface area contributed by atoms with Gasteiger partial charge in [0.15, 0.2) is 0 Å². The van der Waals surface area contributed by atoms with E-state index in [1.54, 1.807) is 0 Å². The minimum absolute atomic E-state index is 0.0572. The Bertz CT molecular complexity index is 579. The van der Waals surface area contributed by atoms with Crippen LogP contribution in [0, 0.1) is 0 Å². The molecule has 0 radical (unpaired) electrons. The number of benzene rings is 1. The van der Waals surface area contributed by atoms with Gasteiger partial charge in [-0.3, -0.25) is 0 Å². The Morgan fingerprint density at radius 1 is 1.16 bits per heavy atom. The van der Waals surface area contributed by atoms with Gasteiger partial charge in [0.2, 0.25) is 0 Å². The van der Waals surface area contributed by atoms with Crippen molar-refractivity contribution in [3.63, 3.8) is 0 Å². The van der Waals surface area contributed by atoms with Gasteiger partial charge in [-0.05, 0) is 32.9 Å². The third-order valence-corrected chi connectivity index (χ3v) is 3.44. The molecule has 0 atom stereocenters. The molecule has 0 amide bonds. The molecule has 1 aliphatic rings. The van der Waals surface area contributed by atoms with E-state index in [-0.39, 0.29) is 5.54 Å². The largest absolute Gasteiger partial charge is 0.378 e. The van der Waals surface area contributed by atoms with Gasteiger partial charge in [0.1, 0.15) is 5.52 Å². The van der Waals surface area contributed by atoms with Gasteiger partial charge in [-0.15, -0.1) is 5.10 Å². The Morgan fingerprint density at radius 3 is 2.58 bits per heavy atom. The molecule has 0 aliphatic carbocycles. The standard InChI is InChI=1S/C14H20N4O/c1-14(2,3)18-12-6-4-5-11(13(12)15-16-18)17-7-9-19-10-8-17/h4-6H,7-10H2,1-3H3. The van der Waals surface area contributed by atoms with Crippen LogP contribution in [0.5, 0.6) is 0 Å². The first-order valence-electron chi connectivity index (χ1n) is 6.75. The van der Waals surface area contributed by atoms with E-state index in [2.05, 4.69) is 54.2 Å². The molecule has 0 spiro atoms. The fourth-order valence-corrected chi connectivity index (χ4v) is 2.49. The van der Waals surface area contributed by atoms with Crippen LogP contribution < -0.4 is 4.90 Å². The summed E-state index contributed by atoms with van der Waals surface area (Å²) in [6.45, 7) is 9.82. The van der Waals surface area contributed by atoms with Crippen LogP contribution in [0.2, 0.25) is 0 Å². The molecule has 2 heterocycles. The van der Waals surface area contributed by atoms with Gasteiger partial charge in [0.05, 0.1) is 30.0 Å². The SMILES string of the molecule is CC(C)(C)n1nnc2c(N3CCOCC3)cccc21. The van der Waals surface area contributed by atoms with Crippen molar-refractivity contribution in [2.24, 2.45) is 0 Å². The number of hydrogen-bond donors (Lipinski definition) is 0. The lowest BCUT2D eigenvalue weighted by atomic mass is 10.1. The fourth-order valence-electron chi connectivity index (χ4n) is 2.49. The Labute approximate surface area is 113 Å². The number of ether oxygens (including phenoxy) is 1. The average Bonchev–Trinajstić information content (AvgIpc) is 2.83. The molecule has 3 rings (SSSR count). The molecule has 5 nitrogen and oxygen atoms in total. The van der Waals surface area contributed by atoms with E-state index >= 15 is 0 Å². The molecule has 19 heavy (non-hydrogen) atoms.